The zero-order chi connectivity index (χ0) is 28.2. The van der Waals surface area contributed by atoms with Gasteiger partial charge in [0.2, 0.25) is 11.8 Å². The molecule has 1 fully saturated rings. The van der Waals surface area contributed by atoms with Crippen LogP contribution in [0.3, 0.4) is 0 Å². The molecule has 212 valence electrons. The molecule has 0 bridgehead atoms. The van der Waals surface area contributed by atoms with Gasteiger partial charge < -0.3 is 19.7 Å². The van der Waals surface area contributed by atoms with Gasteiger partial charge in [-0.15, -0.1) is 0 Å². The zero-order valence-corrected chi connectivity index (χ0v) is 23.8. The number of hydrogen-bond acceptors (Lipinski definition) is 4. The molecule has 0 spiro atoms. The van der Waals surface area contributed by atoms with Crippen LogP contribution in [0.25, 0.3) is 0 Å². The van der Waals surface area contributed by atoms with Gasteiger partial charge in [0.05, 0.1) is 13.7 Å². The lowest BCUT2D eigenvalue weighted by molar-refractivity contribution is -0.141. The third-order valence-corrected chi connectivity index (χ3v) is 7.52. The van der Waals surface area contributed by atoms with Crippen LogP contribution in [0.15, 0.2) is 78.9 Å². The number of nitrogens with one attached hydrogen (secondary N) is 1. The molecule has 0 aromatic heterocycles. The van der Waals surface area contributed by atoms with Crippen molar-refractivity contribution in [2.75, 3.05) is 13.7 Å². The molecule has 40 heavy (non-hydrogen) atoms. The summed E-state index contributed by atoms with van der Waals surface area (Å²) in [5.41, 5.74) is 3.19. The normalized spacial score (nSPS) is 14.2. The molecule has 4 rings (SSSR count). The van der Waals surface area contributed by atoms with Gasteiger partial charge in [0.1, 0.15) is 17.5 Å². The van der Waals surface area contributed by atoms with Crippen LogP contribution in [-0.2, 0) is 22.6 Å². The number of rotatable bonds is 13. The van der Waals surface area contributed by atoms with Crippen LogP contribution in [0, 0.1) is 6.92 Å². The van der Waals surface area contributed by atoms with Crippen LogP contribution >= 0.6 is 0 Å². The van der Waals surface area contributed by atoms with Crippen LogP contribution in [0.1, 0.15) is 61.6 Å². The fourth-order valence-electron chi connectivity index (χ4n) is 5.33. The van der Waals surface area contributed by atoms with Crippen molar-refractivity contribution in [1.82, 2.24) is 10.2 Å². The molecule has 0 radical (unpaired) electrons. The van der Waals surface area contributed by atoms with Gasteiger partial charge in [0.25, 0.3) is 0 Å². The SMILES string of the molecule is COc1ccc(OCCCC(=O)N(Cc2cccc(C)c2)[C@H](Cc2ccccc2)C(=O)NC2CCCCC2)cc1. The molecule has 1 N–H and O–H groups in total. The molecule has 1 atom stereocenters. The molecule has 6 heteroatoms. The number of carbonyl (C=O) groups is 2. The Balaban J connectivity index is 1.50. The monoisotopic (exact) mass is 542 g/mol. The lowest BCUT2D eigenvalue weighted by Crippen LogP contribution is -2.52. The van der Waals surface area contributed by atoms with Crippen molar-refractivity contribution < 1.29 is 19.1 Å². The first kappa shape index (κ1) is 29.2. The van der Waals surface area contributed by atoms with Gasteiger partial charge in [-0.3, -0.25) is 9.59 Å². The van der Waals surface area contributed by atoms with Crippen molar-refractivity contribution in [2.45, 2.75) is 76.9 Å². The molecule has 3 aromatic rings. The Hall–Kier alpha value is -3.80. The second-order valence-electron chi connectivity index (χ2n) is 10.7. The topological polar surface area (TPSA) is 67.9 Å². The Morgan fingerprint density at radius 1 is 0.900 bits per heavy atom. The number of nitrogens with zero attached hydrogens (tertiary/aromatic N) is 1. The Labute approximate surface area is 238 Å². The molecular weight excluding hydrogens is 500 g/mol. The van der Waals surface area contributed by atoms with E-state index in [2.05, 4.69) is 11.4 Å². The second-order valence-corrected chi connectivity index (χ2v) is 10.7. The maximum atomic E-state index is 13.8. The molecule has 3 aromatic carbocycles. The van der Waals surface area contributed by atoms with E-state index in [0.29, 0.717) is 32.4 Å². The minimum atomic E-state index is -0.597. The quantitative estimate of drug-likeness (QED) is 0.259. The zero-order valence-electron chi connectivity index (χ0n) is 23.8. The number of carbonyl (C=O) groups excluding carboxylic acids is 2. The van der Waals surface area contributed by atoms with Crippen LogP contribution in [0.2, 0.25) is 0 Å². The predicted octanol–water partition coefficient (Wildman–Crippen LogP) is 6.25. The Bertz CT molecular complexity index is 1210. The Kier molecular flexibility index (Phi) is 11.0. The largest absolute Gasteiger partial charge is 0.497 e. The van der Waals surface area contributed by atoms with Crippen LogP contribution in [-0.4, -0.2) is 42.5 Å². The number of benzene rings is 3. The first-order valence-electron chi connectivity index (χ1n) is 14.5. The number of ether oxygens (including phenoxy) is 2. The summed E-state index contributed by atoms with van der Waals surface area (Å²) < 4.78 is 11.1. The van der Waals surface area contributed by atoms with Crippen LogP contribution < -0.4 is 14.8 Å². The highest BCUT2D eigenvalue weighted by Crippen LogP contribution is 2.21. The molecule has 6 nitrogen and oxygen atoms in total. The second kappa shape index (κ2) is 15.1. The first-order chi connectivity index (χ1) is 19.5. The van der Waals surface area contributed by atoms with E-state index in [9.17, 15) is 9.59 Å². The number of hydrogen-bond donors (Lipinski definition) is 1. The molecule has 0 unspecified atom stereocenters. The van der Waals surface area contributed by atoms with Gasteiger partial charge in [-0.1, -0.05) is 79.4 Å². The highest BCUT2D eigenvalue weighted by Gasteiger charge is 2.31. The summed E-state index contributed by atoms with van der Waals surface area (Å²) in [6.07, 6.45) is 6.80. The lowest BCUT2D eigenvalue weighted by Gasteiger charge is -2.33. The van der Waals surface area contributed by atoms with Crippen molar-refractivity contribution in [3.8, 4) is 11.5 Å². The fourth-order valence-corrected chi connectivity index (χ4v) is 5.33. The van der Waals surface area contributed by atoms with Crippen molar-refractivity contribution in [3.05, 3.63) is 95.6 Å². The van der Waals surface area contributed by atoms with Crippen molar-refractivity contribution in [3.63, 3.8) is 0 Å². The summed E-state index contributed by atoms with van der Waals surface area (Å²) in [5.74, 6) is 1.40. The molecule has 0 heterocycles. The third kappa shape index (κ3) is 8.87. The van der Waals surface area contributed by atoms with E-state index in [-0.39, 0.29) is 17.9 Å². The van der Waals surface area contributed by atoms with Gasteiger partial charge in [-0.25, -0.2) is 0 Å². The standard InChI is InChI=1S/C34H42N2O4/c1-26-11-9-14-28(23-26)25-36(33(37)17-10-22-40-31-20-18-30(39-2)19-21-31)32(24-27-12-5-3-6-13-27)34(38)35-29-15-7-4-8-16-29/h3,5-6,9,11-14,18-21,23,29,32H,4,7-8,10,15-17,22,24-25H2,1-2H3,(H,35,38)/t32-/m1/s1. The molecule has 0 aliphatic heterocycles. The van der Waals surface area contributed by atoms with Crippen molar-refractivity contribution in [2.24, 2.45) is 0 Å². The van der Waals surface area contributed by atoms with E-state index in [1.54, 1.807) is 12.0 Å². The maximum Gasteiger partial charge on any atom is 0.243 e. The highest BCUT2D eigenvalue weighted by atomic mass is 16.5. The molecule has 0 saturated heterocycles. The predicted molar refractivity (Wildman–Crippen MR) is 158 cm³/mol. The summed E-state index contributed by atoms with van der Waals surface area (Å²) in [5, 5.41) is 3.30. The summed E-state index contributed by atoms with van der Waals surface area (Å²) in [6.45, 7) is 2.84. The minimum absolute atomic E-state index is 0.0421. The first-order valence-corrected chi connectivity index (χ1v) is 14.5. The van der Waals surface area contributed by atoms with E-state index in [1.165, 1.54) is 6.42 Å². The van der Waals surface area contributed by atoms with E-state index in [0.717, 1.165) is 53.9 Å². The molecule has 1 saturated carbocycles. The highest BCUT2D eigenvalue weighted by molar-refractivity contribution is 5.88. The average Bonchev–Trinajstić information content (AvgIpc) is 2.98. The van der Waals surface area contributed by atoms with E-state index in [4.69, 9.17) is 9.47 Å². The van der Waals surface area contributed by atoms with Gasteiger partial charge in [0.15, 0.2) is 0 Å². The van der Waals surface area contributed by atoms with Gasteiger partial charge in [-0.2, -0.15) is 0 Å². The lowest BCUT2D eigenvalue weighted by atomic mass is 9.94. The Morgan fingerprint density at radius 2 is 1.60 bits per heavy atom. The number of methoxy groups -OCH3 is 1. The van der Waals surface area contributed by atoms with Gasteiger partial charge in [-0.05, 0) is 61.6 Å². The van der Waals surface area contributed by atoms with Gasteiger partial charge >= 0.3 is 0 Å². The number of aryl methyl sites for hydroxylation is 1. The molecule has 1 aliphatic rings. The number of amides is 2. The Morgan fingerprint density at radius 3 is 2.30 bits per heavy atom. The van der Waals surface area contributed by atoms with E-state index in [1.807, 2.05) is 79.7 Å². The van der Waals surface area contributed by atoms with Crippen molar-refractivity contribution >= 4 is 11.8 Å². The minimum Gasteiger partial charge on any atom is -0.497 e. The summed E-state index contributed by atoms with van der Waals surface area (Å²) in [6, 6.07) is 25.1. The van der Waals surface area contributed by atoms with Crippen LogP contribution in [0.5, 0.6) is 11.5 Å². The van der Waals surface area contributed by atoms with E-state index >= 15 is 0 Å². The molecule has 1 aliphatic carbocycles. The molecular formula is C34H42N2O4. The average molecular weight is 543 g/mol. The van der Waals surface area contributed by atoms with Crippen molar-refractivity contribution in [1.29, 1.82) is 0 Å². The van der Waals surface area contributed by atoms with Crippen LogP contribution in [0.4, 0.5) is 0 Å². The summed E-state index contributed by atoms with van der Waals surface area (Å²) in [4.78, 5) is 29.5. The summed E-state index contributed by atoms with van der Waals surface area (Å²) >= 11 is 0. The molecule has 2 amide bonds. The smallest absolute Gasteiger partial charge is 0.243 e. The third-order valence-electron chi connectivity index (χ3n) is 7.52. The van der Waals surface area contributed by atoms with Gasteiger partial charge in [0, 0.05) is 25.4 Å². The van der Waals surface area contributed by atoms with E-state index < -0.39 is 6.04 Å². The summed E-state index contributed by atoms with van der Waals surface area (Å²) in [7, 11) is 1.63. The fraction of sp³-hybridized carbons (Fsp3) is 0.412. The maximum absolute atomic E-state index is 13.8.